The molecule has 0 radical (unpaired) electrons. The fourth-order valence-electron chi connectivity index (χ4n) is 2.10. The molecule has 0 unspecified atom stereocenters. The van der Waals surface area contributed by atoms with Crippen molar-refractivity contribution in [3.63, 3.8) is 0 Å². The van der Waals surface area contributed by atoms with Crippen molar-refractivity contribution in [3.05, 3.63) is 54.6 Å². The zero-order chi connectivity index (χ0) is 17.7. The molecular weight excluding hydrogens is 328 g/mol. The molecular formula is C17H20N2O4S. The number of carbonyl (C=O) groups is 1. The van der Waals surface area contributed by atoms with Crippen molar-refractivity contribution in [2.24, 2.45) is 0 Å². The minimum Gasteiger partial charge on any atom is -0.497 e. The van der Waals surface area contributed by atoms with Gasteiger partial charge in [-0.3, -0.25) is 4.79 Å². The van der Waals surface area contributed by atoms with Crippen molar-refractivity contribution in [1.82, 2.24) is 4.31 Å². The Morgan fingerprint density at radius 2 is 1.58 bits per heavy atom. The van der Waals surface area contributed by atoms with Crippen molar-refractivity contribution < 1.29 is 17.9 Å². The van der Waals surface area contributed by atoms with Crippen molar-refractivity contribution in [2.45, 2.75) is 4.90 Å². The largest absolute Gasteiger partial charge is 0.497 e. The molecule has 0 atom stereocenters. The van der Waals surface area contributed by atoms with Gasteiger partial charge in [-0.15, -0.1) is 0 Å². The van der Waals surface area contributed by atoms with E-state index in [2.05, 4.69) is 0 Å². The van der Waals surface area contributed by atoms with Crippen molar-refractivity contribution >= 4 is 21.6 Å². The van der Waals surface area contributed by atoms with E-state index in [0.717, 1.165) is 4.31 Å². The minimum atomic E-state index is -3.74. The fraction of sp³-hybridized carbons (Fsp3) is 0.235. The lowest BCUT2D eigenvalue weighted by Gasteiger charge is -2.22. The van der Waals surface area contributed by atoms with Crippen LogP contribution in [0.1, 0.15) is 0 Å². The normalized spacial score (nSPS) is 11.3. The fourth-order valence-corrected chi connectivity index (χ4v) is 3.23. The summed E-state index contributed by atoms with van der Waals surface area (Å²) < 4.78 is 31.1. The Labute approximate surface area is 142 Å². The van der Waals surface area contributed by atoms with E-state index in [1.54, 1.807) is 31.3 Å². The number of nitrogens with zero attached hydrogens (tertiary/aromatic N) is 2. The molecule has 0 saturated carbocycles. The van der Waals surface area contributed by atoms with Gasteiger partial charge in [-0.25, -0.2) is 8.42 Å². The maximum Gasteiger partial charge on any atom is 0.243 e. The molecule has 0 saturated heterocycles. The predicted molar refractivity (Wildman–Crippen MR) is 92.7 cm³/mol. The van der Waals surface area contributed by atoms with Gasteiger partial charge < -0.3 is 9.64 Å². The number of amides is 1. The maximum absolute atomic E-state index is 12.5. The summed E-state index contributed by atoms with van der Waals surface area (Å²) in [5.41, 5.74) is 0.706. The highest BCUT2D eigenvalue weighted by molar-refractivity contribution is 7.89. The van der Waals surface area contributed by atoms with Gasteiger partial charge in [0.15, 0.2) is 0 Å². The van der Waals surface area contributed by atoms with Gasteiger partial charge >= 0.3 is 0 Å². The second-order valence-corrected chi connectivity index (χ2v) is 7.27. The van der Waals surface area contributed by atoms with Crippen LogP contribution in [0.3, 0.4) is 0 Å². The number of methoxy groups -OCH3 is 1. The maximum atomic E-state index is 12.5. The van der Waals surface area contributed by atoms with Crippen LogP contribution in [0.2, 0.25) is 0 Å². The molecule has 1 amide bonds. The molecule has 0 spiro atoms. The first-order valence-electron chi connectivity index (χ1n) is 7.28. The molecule has 0 aliphatic carbocycles. The Morgan fingerprint density at radius 3 is 2.12 bits per heavy atom. The van der Waals surface area contributed by atoms with E-state index in [4.69, 9.17) is 4.74 Å². The summed E-state index contributed by atoms with van der Waals surface area (Å²) in [6.07, 6.45) is 0. The third-order valence-electron chi connectivity index (χ3n) is 3.64. The van der Waals surface area contributed by atoms with E-state index in [0.29, 0.717) is 11.4 Å². The number of para-hydroxylation sites is 1. The molecule has 0 aliphatic heterocycles. The molecule has 128 valence electrons. The van der Waals surface area contributed by atoms with Gasteiger partial charge in [-0.1, -0.05) is 18.2 Å². The van der Waals surface area contributed by atoms with Gasteiger partial charge in [-0.2, -0.15) is 4.31 Å². The van der Waals surface area contributed by atoms with Crippen LogP contribution in [0.4, 0.5) is 5.69 Å². The number of anilines is 1. The quantitative estimate of drug-likeness (QED) is 0.801. The van der Waals surface area contributed by atoms with Gasteiger partial charge in [0, 0.05) is 19.8 Å². The average molecular weight is 348 g/mol. The lowest BCUT2D eigenvalue weighted by Crippen LogP contribution is -2.39. The summed E-state index contributed by atoms with van der Waals surface area (Å²) in [5, 5.41) is 0. The Kier molecular flexibility index (Phi) is 5.58. The smallest absolute Gasteiger partial charge is 0.243 e. The summed E-state index contributed by atoms with van der Waals surface area (Å²) in [6, 6.07) is 15.1. The number of rotatable bonds is 6. The molecule has 2 aromatic carbocycles. The molecule has 0 N–H and O–H groups in total. The molecule has 0 fully saturated rings. The SMILES string of the molecule is COc1ccc(S(=O)(=O)N(C)CC(=O)N(C)c2ccccc2)cc1. The summed E-state index contributed by atoms with van der Waals surface area (Å²) in [5.74, 6) is 0.247. The monoisotopic (exact) mass is 348 g/mol. The van der Waals surface area contributed by atoms with Crippen molar-refractivity contribution in [2.75, 3.05) is 32.6 Å². The Morgan fingerprint density at radius 1 is 1.00 bits per heavy atom. The number of likely N-dealkylation sites (N-methyl/N-ethyl adjacent to an activating group) is 2. The highest BCUT2D eigenvalue weighted by Gasteiger charge is 2.24. The molecule has 7 heteroatoms. The van der Waals surface area contributed by atoms with Crippen LogP contribution in [-0.4, -0.2) is 46.4 Å². The van der Waals surface area contributed by atoms with E-state index in [-0.39, 0.29) is 17.3 Å². The van der Waals surface area contributed by atoms with Crippen molar-refractivity contribution in [1.29, 1.82) is 0 Å². The van der Waals surface area contributed by atoms with E-state index in [1.807, 2.05) is 18.2 Å². The van der Waals surface area contributed by atoms with Crippen LogP contribution in [0.15, 0.2) is 59.5 Å². The molecule has 0 aliphatic rings. The highest BCUT2D eigenvalue weighted by Crippen LogP contribution is 2.19. The van der Waals surface area contributed by atoms with Gasteiger partial charge in [0.1, 0.15) is 5.75 Å². The number of ether oxygens (including phenoxy) is 1. The van der Waals surface area contributed by atoms with E-state index >= 15 is 0 Å². The van der Waals surface area contributed by atoms with Gasteiger partial charge in [0.05, 0.1) is 18.6 Å². The van der Waals surface area contributed by atoms with Gasteiger partial charge in [0.25, 0.3) is 0 Å². The van der Waals surface area contributed by atoms with Crippen LogP contribution in [0.25, 0.3) is 0 Å². The van der Waals surface area contributed by atoms with E-state index in [1.165, 1.54) is 31.2 Å². The molecule has 2 rings (SSSR count). The van der Waals surface area contributed by atoms with Crippen LogP contribution in [-0.2, 0) is 14.8 Å². The number of hydrogen-bond acceptors (Lipinski definition) is 4. The molecule has 0 heterocycles. The predicted octanol–water partition coefficient (Wildman–Crippen LogP) is 1.98. The Hall–Kier alpha value is -2.38. The van der Waals surface area contributed by atoms with Crippen LogP contribution >= 0.6 is 0 Å². The zero-order valence-corrected chi connectivity index (χ0v) is 14.7. The van der Waals surface area contributed by atoms with Crippen LogP contribution in [0, 0.1) is 0 Å². The summed E-state index contributed by atoms with van der Waals surface area (Å²) in [6.45, 7) is -0.250. The zero-order valence-electron chi connectivity index (χ0n) is 13.8. The first-order chi connectivity index (χ1) is 11.4. The lowest BCUT2D eigenvalue weighted by atomic mass is 10.3. The summed E-state index contributed by atoms with van der Waals surface area (Å²) in [4.78, 5) is 13.9. The third-order valence-corrected chi connectivity index (χ3v) is 5.46. The third kappa shape index (κ3) is 3.93. The second-order valence-electron chi connectivity index (χ2n) is 5.22. The summed E-state index contributed by atoms with van der Waals surface area (Å²) >= 11 is 0. The first kappa shape index (κ1) is 18.0. The number of benzene rings is 2. The van der Waals surface area contributed by atoms with E-state index in [9.17, 15) is 13.2 Å². The Bertz CT molecular complexity index is 789. The van der Waals surface area contributed by atoms with Crippen LogP contribution in [0.5, 0.6) is 5.75 Å². The lowest BCUT2D eigenvalue weighted by molar-refractivity contribution is -0.118. The van der Waals surface area contributed by atoms with Gasteiger partial charge in [-0.05, 0) is 36.4 Å². The second kappa shape index (κ2) is 7.46. The molecule has 0 aromatic heterocycles. The topological polar surface area (TPSA) is 66.9 Å². The molecule has 6 nitrogen and oxygen atoms in total. The van der Waals surface area contributed by atoms with E-state index < -0.39 is 10.0 Å². The number of carbonyl (C=O) groups excluding carboxylic acids is 1. The number of hydrogen-bond donors (Lipinski definition) is 0. The van der Waals surface area contributed by atoms with Gasteiger partial charge in [0.2, 0.25) is 15.9 Å². The molecule has 24 heavy (non-hydrogen) atoms. The number of sulfonamides is 1. The highest BCUT2D eigenvalue weighted by atomic mass is 32.2. The van der Waals surface area contributed by atoms with Crippen LogP contribution < -0.4 is 9.64 Å². The minimum absolute atomic E-state index is 0.112. The molecule has 0 bridgehead atoms. The van der Waals surface area contributed by atoms with Crippen molar-refractivity contribution in [3.8, 4) is 5.75 Å². The molecule has 2 aromatic rings. The Balaban J connectivity index is 2.12. The standard InChI is InChI=1S/C17H20N2O4S/c1-18(13-17(20)19(2)14-7-5-4-6-8-14)24(21,22)16-11-9-15(23-3)10-12-16/h4-12H,13H2,1-3H3. The summed E-state index contributed by atoms with van der Waals surface area (Å²) in [7, 11) is 0.765. The first-order valence-corrected chi connectivity index (χ1v) is 8.72. The average Bonchev–Trinajstić information content (AvgIpc) is 2.61.